The summed E-state index contributed by atoms with van der Waals surface area (Å²) in [7, 11) is 0. The Hall–Kier alpha value is -0.0800. The molecule has 0 saturated carbocycles. The molecule has 1 unspecified atom stereocenters. The third-order valence-electron chi connectivity index (χ3n) is 2.49. The zero-order valence-electron chi connectivity index (χ0n) is 9.55. The Morgan fingerprint density at radius 3 is 2.38 bits per heavy atom. The highest BCUT2D eigenvalue weighted by Crippen LogP contribution is 2.05. The molecule has 2 nitrogen and oxygen atoms in total. The number of hydrogen-bond donors (Lipinski definition) is 1. The summed E-state index contributed by atoms with van der Waals surface area (Å²) in [6, 6.07) is 0. The van der Waals surface area contributed by atoms with Crippen molar-refractivity contribution in [1.82, 2.24) is 4.90 Å². The third kappa shape index (κ3) is 7.03. The number of nitrogens with zero attached hydrogens (tertiary/aromatic N) is 1. The van der Waals surface area contributed by atoms with Crippen molar-refractivity contribution in [2.75, 3.05) is 26.2 Å². The highest BCUT2D eigenvalue weighted by Gasteiger charge is 2.06. The van der Waals surface area contributed by atoms with Gasteiger partial charge >= 0.3 is 0 Å². The second-order valence-corrected chi connectivity index (χ2v) is 3.96. The van der Waals surface area contributed by atoms with Crippen LogP contribution < -0.4 is 5.73 Å². The van der Waals surface area contributed by atoms with Crippen molar-refractivity contribution < 1.29 is 0 Å². The Bertz CT molecular complexity index is 104. The van der Waals surface area contributed by atoms with Gasteiger partial charge in [0.15, 0.2) is 0 Å². The normalized spacial score (nSPS) is 13.6. The standard InChI is InChI=1S/C11H26N2/c1-4-8-13(9-6-7-12)10-11(3)5-2/h11H,4-10,12H2,1-3H3. The van der Waals surface area contributed by atoms with Crippen molar-refractivity contribution >= 4 is 0 Å². The van der Waals surface area contributed by atoms with Crippen LogP contribution in [0.25, 0.3) is 0 Å². The van der Waals surface area contributed by atoms with Gasteiger partial charge in [0.2, 0.25) is 0 Å². The summed E-state index contributed by atoms with van der Waals surface area (Å²) in [5.74, 6) is 0.823. The fraction of sp³-hybridized carbons (Fsp3) is 1.00. The van der Waals surface area contributed by atoms with Gasteiger partial charge in [0.05, 0.1) is 0 Å². The van der Waals surface area contributed by atoms with Crippen LogP contribution in [0.1, 0.15) is 40.0 Å². The molecule has 0 aliphatic carbocycles. The summed E-state index contributed by atoms with van der Waals surface area (Å²) in [4.78, 5) is 2.54. The van der Waals surface area contributed by atoms with Crippen molar-refractivity contribution in [3.05, 3.63) is 0 Å². The molecule has 0 aromatic heterocycles. The quantitative estimate of drug-likeness (QED) is 0.629. The van der Waals surface area contributed by atoms with Crippen LogP contribution in [0.15, 0.2) is 0 Å². The van der Waals surface area contributed by atoms with Crippen LogP contribution in [0.4, 0.5) is 0 Å². The minimum atomic E-state index is 0.820. The predicted octanol–water partition coefficient (Wildman–Crippen LogP) is 2.09. The lowest BCUT2D eigenvalue weighted by Gasteiger charge is -2.24. The Labute approximate surface area is 83.5 Å². The van der Waals surface area contributed by atoms with Gasteiger partial charge in [0.25, 0.3) is 0 Å². The molecule has 0 aromatic carbocycles. The van der Waals surface area contributed by atoms with E-state index in [0.717, 1.165) is 18.9 Å². The van der Waals surface area contributed by atoms with E-state index in [-0.39, 0.29) is 0 Å². The molecule has 0 rings (SSSR count). The van der Waals surface area contributed by atoms with E-state index in [4.69, 9.17) is 5.73 Å². The molecule has 80 valence electrons. The Kier molecular flexibility index (Phi) is 8.46. The van der Waals surface area contributed by atoms with E-state index in [1.54, 1.807) is 0 Å². The van der Waals surface area contributed by atoms with Crippen LogP contribution in [-0.4, -0.2) is 31.1 Å². The minimum absolute atomic E-state index is 0.820. The second kappa shape index (κ2) is 8.52. The fourth-order valence-corrected chi connectivity index (χ4v) is 1.50. The van der Waals surface area contributed by atoms with E-state index in [2.05, 4.69) is 25.7 Å². The summed E-state index contributed by atoms with van der Waals surface area (Å²) in [6.45, 7) is 11.3. The van der Waals surface area contributed by atoms with E-state index in [9.17, 15) is 0 Å². The smallest absolute Gasteiger partial charge is 0.000692 e. The van der Waals surface area contributed by atoms with E-state index in [1.807, 2.05) is 0 Å². The molecule has 13 heavy (non-hydrogen) atoms. The lowest BCUT2D eigenvalue weighted by atomic mass is 10.1. The molecule has 0 bridgehead atoms. The fourth-order valence-electron chi connectivity index (χ4n) is 1.50. The molecule has 0 aliphatic heterocycles. The first-order valence-corrected chi connectivity index (χ1v) is 5.66. The Morgan fingerprint density at radius 1 is 1.23 bits per heavy atom. The van der Waals surface area contributed by atoms with Crippen molar-refractivity contribution in [2.45, 2.75) is 40.0 Å². The van der Waals surface area contributed by atoms with Gasteiger partial charge in [0.1, 0.15) is 0 Å². The van der Waals surface area contributed by atoms with Crippen molar-refractivity contribution in [2.24, 2.45) is 11.7 Å². The maximum absolute atomic E-state index is 5.51. The first kappa shape index (κ1) is 12.9. The molecule has 0 aliphatic rings. The molecule has 2 N–H and O–H groups in total. The molecule has 2 heteroatoms. The number of rotatable bonds is 8. The van der Waals surface area contributed by atoms with E-state index < -0.39 is 0 Å². The predicted molar refractivity (Wildman–Crippen MR) is 59.9 cm³/mol. The van der Waals surface area contributed by atoms with Gasteiger partial charge in [0, 0.05) is 6.54 Å². The van der Waals surface area contributed by atoms with Gasteiger partial charge in [-0.15, -0.1) is 0 Å². The van der Waals surface area contributed by atoms with Gasteiger partial charge < -0.3 is 10.6 Å². The highest BCUT2D eigenvalue weighted by atomic mass is 15.1. The van der Waals surface area contributed by atoms with Crippen molar-refractivity contribution in [1.29, 1.82) is 0 Å². The zero-order chi connectivity index (χ0) is 10.1. The first-order valence-electron chi connectivity index (χ1n) is 5.66. The van der Waals surface area contributed by atoms with E-state index in [0.29, 0.717) is 0 Å². The number of hydrogen-bond acceptors (Lipinski definition) is 2. The van der Waals surface area contributed by atoms with Crippen molar-refractivity contribution in [3.8, 4) is 0 Å². The van der Waals surface area contributed by atoms with Crippen LogP contribution in [-0.2, 0) is 0 Å². The van der Waals surface area contributed by atoms with Crippen LogP contribution >= 0.6 is 0 Å². The molecule has 1 atom stereocenters. The summed E-state index contributed by atoms with van der Waals surface area (Å²) < 4.78 is 0. The Balaban J connectivity index is 3.65. The molecular formula is C11H26N2. The molecule has 0 radical (unpaired) electrons. The minimum Gasteiger partial charge on any atom is -0.330 e. The lowest BCUT2D eigenvalue weighted by Crippen LogP contribution is -2.31. The first-order chi connectivity index (χ1) is 6.24. The topological polar surface area (TPSA) is 29.3 Å². The summed E-state index contributed by atoms with van der Waals surface area (Å²) in [6.07, 6.45) is 3.67. The molecule has 0 aromatic rings. The molecular weight excluding hydrogens is 160 g/mol. The highest BCUT2D eigenvalue weighted by molar-refractivity contribution is 4.61. The monoisotopic (exact) mass is 186 g/mol. The summed E-state index contributed by atoms with van der Waals surface area (Å²) in [5.41, 5.74) is 5.51. The maximum Gasteiger partial charge on any atom is 0.000692 e. The molecule has 0 amide bonds. The van der Waals surface area contributed by atoms with Gasteiger partial charge in [-0.1, -0.05) is 27.2 Å². The van der Waals surface area contributed by atoms with E-state index in [1.165, 1.54) is 32.5 Å². The van der Waals surface area contributed by atoms with Gasteiger partial charge in [-0.3, -0.25) is 0 Å². The average Bonchev–Trinajstić information content (AvgIpc) is 2.14. The van der Waals surface area contributed by atoms with Crippen LogP contribution in [0.5, 0.6) is 0 Å². The SMILES string of the molecule is CCCN(CCCN)CC(C)CC. The van der Waals surface area contributed by atoms with Crippen molar-refractivity contribution in [3.63, 3.8) is 0 Å². The van der Waals surface area contributed by atoms with Gasteiger partial charge in [-0.2, -0.15) is 0 Å². The number of nitrogens with two attached hydrogens (primary N) is 1. The summed E-state index contributed by atoms with van der Waals surface area (Å²) >= 11 is 0. The van der Waals surface area contributed by atoms with Gasteiger partial charge in [-0.05, 0) is 38.4 Å². The van der Waals surface area contributed by atoms with Crippen LogP contribution in [0.3, 0.4) is 0 Å². The summed E-state index contributed by atoms with van der Waals surface area (Å²) in [5, 5.41) is 0. The average molecular weight is 186 g/mol. The Morgan fingerprint density at radius 2 is 1.92 bits per heavy atom. The van der Waals surface area contributed by atoms with Crippen LogP contribution in [0, 0.1) is 5.92 Å². The maximum atomic E-state index is 5.51. The van der Waals surface area contributed by atoms with Gasteiger partial charge in [-0.25, -0.2) is 0 Å². The molecule has 0 spiro atoms. The largest absolute Gasteiger partial charge is 0.330 e. The lowest BCUT2D eigenvalue weighted by molar-refractivity contribution is 0.233. The zero-order valence-corrected chi connectivity index (χ0v) is 9.55. The van der Waals surface area contributed by atoms with E-state index >= 15 is 0 Å². The van der Waals surface area contributed by atoms with Crippen LogP contribution in [0.2, 0.25) is 0 Å². The molecule has 0 saturated heterocycles. The molecule has 0 heterocycles. The third-order valence-corrected chi connectivity index (χ3v) is 2.49. The second-order valence-electron chi connectivity index (χ2n) is 3.96. The molecule has 0 fully saturated rings.